The van der Waals surface area contributed by atoms with Gasteiger partial charge in [0.15, 0.2) is 0 Å². The second-order valence-corrected chi connectivity index (χ2v) is 6.38. The van der Waals surface area contributed by atoms with Gasteiger partial charge in [-0.25, -0.2) is 4.57 Å². The summed E-state index contributed by atoms with van der Waals surface area (Å²) in [7, 11) is 0. The van der Waals surface area contributed by atoms with E-state index in [2.05, 4.69) is 0 Å². The van der Waals surface area contributed by atoms with Crippen LogP contribution in [0.3, 0.4) is 0 Å². The molecule has 0 radical (unpaired) electrons. The molecule has 0 unspecified atom stereocenters. The Morgan fingerprint density at radius 1 is 1.17 bits per heavy atom. The first-order valence-corrected chi connectivity index (χ1v) is 7.17. The highest BCUT2D eigenvalue weighted by atomic mass is 32.7. The third-order valence-electron chi connectivity index (χ3n) is 1.36. The molecule has 0 saturated heterocycles. The van der Waals surface area contributed by atoms with Gasteiger partial charge in [-0.3, -0.25) is 0 Å². The van der Waals surface area contributed by atoms with E-state index in [0.717, 1.165) is 37.1 Å². The first kappa shape index (κ1) is 12.5. The predicted octanol–water partition coefficient (Wildman–Crippen LogP) is 1.33. The van der Waals surface area contributed by atoms with Gasteiger partial charge in [0.25, 0.3) is 0 Å². The highest BCUT2D eigenvalue weighted by molar-refractivity contribution is 8.54. The average Bonchev–Trinajstić information content (AvgIpc) is 1.94. The summed E-state index contributed by atoms with van der Waals surface area (Å²) in [6, 6.07) is 0. The molecular formula is C6H16NO3PS. The molecule has 4 N–H and O–H groups in total. The largest absolute Gasteiger partial charge is 0.383 e. The van der Waals surface area contributed by atoms with Crippen molar-refractivity contribution in [1.82, 2.24) is 0 Å². The standard InChI is InChI=1S/C6H16NO3PS/c7-5-3-1-2-4-6-12-11(8,9)10/h1-7H2,(H2,8,9,10). The van der Waals surface area contributed by atoms with Crippen LogP contribution in [0.2, 0.25) is 0 Å². The predicted molar refractivity (Wildman–Crippen MR) is 52.0 cm³/mol. The Kier molecular flexibility index (Phi) is 7.19. The summed E-state index contributed by atoms with van der Waals surface area (Å²) in [5.41, 5.74) is 5.28. The van der Waals surface area contributed by atoms with Crippen molar-refractivity contribution < 1.29 is 14.4 Å². The third-order valence-corrected chi connectivity index (χ3v) is 3.72. The van der Waals surface area contributed by atoms with Gasteiger partial charge < -0.3 is 15.5 Å². The lowest BCUT2D eigenvalue weighted by molar-refractivity contribution is 0.397. The Labute approximate surface area is 76.8 Å². The Hall–Kier alpha value is 0.460. The van der Waals surface area contributed by atoms with Gasteiger partial charge in [-0.05, 0) is 30.8 Å². The summed E-state index contributed by atoms with van der Waals surface area (Å²) >= 11 is 0.727. The molecule has 0 amide bonds. The van der Waals surface area contributed by atoms with E-state index in [1.54, 1.807) is 0 Å². The lowest BCUT2D eigenvalue weighted by Gasteiger charge is -2.02. The topological polar surface area (TPSA) is 83.6 Å². The van der Waals surface area contributed by atoms with E-state index in [1.165, 1.54) is 0 Å². The number of rotatable bonds is 7. The van der Waals surface area contributed by atoms with Gasteiger partial charge in [-0.15, -0.1) is 0 Å². The molecule has 0 spiro atoms. The maximum atomic E-state index is 10.4. The molecule has 0 heterocycles. The zero-order valence-electron chi connectivity index (χ0n) is 6.98. The summed E-state index contributed by atoms with van der Waals surface area (Å²) in [6.07, 6.45) is 3.92. The molecule has 0 aliphatic rings. The lowest BCUT2D eigenvalue weighted by atomic mass is 10.2. The van der Waals surface area contributed by atoms with Crippen LogP contribution in [-0.2, 0) is 4.57 Å². The van der Waals surface area contributed by atoms with Gasteiger partial charge in [0.2, 0.25) is 0 Å². The van der Waals surface area contributed by atoms with Gasteiger partial charge in [0.1, 0.15) is 0 Å². The second kappa shape index (κ2) is 6.92. The van der Waals surface area contributed by atoms with Crippen LogP contribution in [0.4, 0.5) is 0 Å². The number of nitrogens with two attached hydrogens (primary N) is 1. The van der Waals surface area contributed by atoms with Crippen molar-refractivity contribution in [2.45, 2.75) is 25.7 Å². The van der Waals surface area contributed by atoms with Crippen LogP contribution in [0, 0.1) is 0 Å². The fourth-order valence-corrected chi connectivity index (χ4v) is 2.46. The molecule has 74 valence electrons. The van der Waals surface area contributed by atoms with Crippen molar-refractivity contribution in [3.8, 4) is 0 Å². The number of hydrogen-bond donors (Lipinski definition) is 3. The van der Waals surface area contributed by atoms with Crippen molar-refractivity contribution in [2.24, 2.45) is 5.73 Å². The van der Waals surface area contributed by atoms with E-state index in [0.29, 0.717) is 12.3 Å². The smallest absolute Gasteiger partial charge is 0.330 e. The molecule has 12 heavy (non-hydrogen) atoms. The maximum absolute atomic E-state index is 10.4. The second-order valence-electron chi connectivity index (χ2n) is 2.53. The maximum Gasteiger partial charge on any atom is 0.383 e. The van der Waals surface area contributed by atoms with Crippen LogP contribution in [0.25, 0.3) is 0 Å². The normalized spacial score (nSPS) is 11.9. The molecule has 0 aromatic rings. The van der Waals surface area contributed by atoms with Gasteiger partial charge in [-0.2, -0.15) is 0 Å². The van der Waals surface area contributed by atoms with Crippen LogP contribution in [0.5, 0.6) is 0 Å². The first-order valence-electron chi connectivity index (χ1n) is 3.96. The van der Waals surface area contributed by atoms with Gasteiger partial charge in [0.05, 0.1) is 0 Å². The fraction of sp³-hybridized carbons (Fsp3) is 1.00. The summed E-state index contributed by atoms with van der Waals surface area (Å²) in [6.45, 7) is -3.13. The minimum Gasteiger partial charge on any atom is -0.330 e. The summed E-state index contributed by atoms with van der Waals surface area (Å²) < 4.78 is 10.4. The van der Waals surface area contributed by atoms with Crippen LogP contribution in [-0.4, -0.2) is 22.1 Å². The number of unbranched alkanes of at least 4 members (excludes halogenated alkanes) is 3. The van der Waals surface area contributed by atoms with Crippen molar-refractivity contribution in [3.63, 3.8) is 0 Å². The molecule has 6 heteroatoms. The molecule has 0 aliphatic heterocycles. The fourth-order valence-electron chi connectivity index (χ4n) is 0.783. The molecule has 0 aliphatic carbocycles. The first-order chi connectivity index (χ1) is 5.56. The molecule has 0 aromatic heterocycles. The quantitative estimate of drug-likeness (QED) is 0.439. The van der Waals surface area contributed by atoms with Crippen molar-refractivity contribution in [2.75, 3.05) is 12.3 Å². The molecule has 0 atom stereocenters. The molecule has 0 fully saturated rings. The Morgan fingerprint density at radius 3 is 2.25 bits per heavy atom. The molecule has 4 nitrogen and oxygen atoms in total. The van der Waals surface area contributed by atoms with E-state index in [1.807, 2.05) is 0 Å². The SMILES string of the molecule is NCCCCCCSP(=O)(O)O. The van der Waals surface area contributed by atoms with Crippen LogP contribution in [0.1, 0.15) is 25.7 Å². The van der Waals surface area contributed by atoms with Crippen molar-refractivity contribution >= 4 is 18.2 Å². The Balaban J connectivity index is 3.06. The van der Waals surface area contributed by atoms with Gasteiger partial charge in [0, 0.05) is 5.75 Å². The molecular weight excluding hydrogens is 197 g/mol. The minimum absolute atomic E-state index is 0.537. The van der Waals surface area contributed by atoms with Gasteiger partial charge in [-0.1, -0.05) is 12.8 Å². The number of hydrogen-bond acceptors (Lipinski definition) is 3. The molecule has 0 rings (SSSR count). The van der Waals surface area contributed by atoms with E-state index in [9.17, 15) is 4.57 Å². The van der Waals surface area contributed by atoms with E-state index < -0.39 is 6.80 Å². The van der Waals surface area contributed by atoms with E-state index >= 15 is 0 Å². The van der Waals surface area contributed by atoms with Crippen LogP contribution >= 0.6 is 18.2 Å². The van der Waals surface area contributed by atoms with E-state index in [4.69, 9.17) is 15.5 Å². The van der Waals surface area contributed by atoms with Crippen molar-refractivity contribution in [3.05, 3.63) is 0 Å². The summed E-state index contributed by atoms with van der Waals surface area (Å²) in [5.74, 6) is 0.537. The average molecular weight is 213 g/mol. The zero-order chi connectivity index (χ0) is 9.45. The van der Waals surface area contributed by atoms with Crippen LogP contribution < -0.4 is 5.73 Å². The molecule has 0 bridgehead atoms. The highest BCUT2D eigenvalue weighted by Crippen LogP contribution is 2.50. The molecule has 0 aromatic carbocycles. The Bertz CT molecular complexity index is 150. The summed E-state index contributed by atoms with van der Waals surface area (Å²) in [5, 5.41) is 0. The molecule has 0 saturated carbocycles. The van der Waals surface area contributed by atoms with Crippen LogP contribution in [0.15, 0.2) is 0 Å². The lowest BCUT2D eigenvalue weighted by Crippen LogP contribution is -1.97. The third kappa shape index (κ3) is 10.5. The zero-order valence-corrected chi connectivity index (χ0v) is 8.69. The monoisotopic (exact) mass is 213 g/mol. The summed E-state index contributed by atoms with van der Waals surface area (Å²) in [4.78, 5) is 16.9. The highest BCUT2D eigenvalue weighted by Gasteiger charge is 2.11. The van der Waals surface area contributed by atoms with E-state index in [-0.39, 0.29) is 0 Å². The minimum atomic E-state index is -3.83. The Morgan fingerprint density at radius 2 is 1.75 bits per heavy atom. The van der Waals surface area contributed by atoms with Gasteiger partial charge >= 0.3 is 6.80 Å². The van der Waals surface area contributed by atoms with Crippen molar-refractivity contribution in [1.29, 1.82) is 0 Å².